The number of aliphatic imine (C=N–C) groups is 1. The Labute approximate surface area is 142 Å². The second-order valence-corrected chi connectivity index (χ2v) is 5.92. The fourth-order valence-electron chi connectivity index (χ4n) is 3.03. The van der Waals surface area contributed by atoms with Gasteiger partial charge in [0.1, 0.15) is 5.75 Å². The highest BCUT2D eigenvalue weighted by Gasteiger charge is 2.11. The quantitative estimate of drug-likeness (QED) is 0.667. The molecule has 3 nitrogen and oxygen atoms in total. The highest BCUT2D eigenvalue weighted by Crippen LogP contribution is 2.24. The fraction of sp³-hybridized carbons (Fsp3) is 0.190. The minimum atomic E-state index is 0.229. The van der Waals surface area contributed by atoms with Crippen molar-refractivity contribution >= 4 is 11.9 Å². The van der Waals surface area contributed by atoms with Crippen LogP contribution in [0.4, 0.5) is 5.69 Å². The molecule has 0 amide bonds. The minimum Gasteiger partial charge on any atom is -0.508 e. The van der Waals surface area contributed by atoms with Gasteiger partial charge in [-0.3, -0.25) is 4.99 Å². The third-order valence-corrected chi connectivity index (χ3v) is 4.27. The van der Waals surface area contributed by atoms with Crippen LogP contribution in [0, 0.1) is 13.8 Å². The molecular weight excluding hydrogens is 296 g/mol. The summed E-state index contributed by atoms with van der Waals surface area (Å²) in [4.78, 5) is 4.49. The van der Waals surface area contributed by atoms with Gasteiger partial charge in [0.15, 0.2) is 0 Å². The van der Waals surface area contributed by atoms with Gasteiger partial charge >= 0.3 is 0 Å². The number of benzene rings is 2. The number of aromatic hydroxyl groups is 1. The van der Waals surface area contributed by atoms with E-state index in [4.69, 9.17) is 0 Å². The topological polar surface area (TPSA) is 37.5 Å². The summed E-state index contributed by atoms with van der Waals surface area (Å²) in [5.74, 6) is 0.229. The molecule has 0 saturated carbocycles. The van der Waals surface area contributed by atoms with Crippen LogP contribution in [-0.4, -0.2) is 15.9 Å². The van der Waals surface area contributed by atoms with Gasteiger partial charge in [0.25, 0.3) is 0 Å². The monoisotopic (exact) mass is 318 g/mol. The van der Waals surface area contributed by atoms with Crippen LogP contribution in [-0.2, 0) is 6.42 Å². The Kier molecular flexibility index (Phi) is 4.52. The van der Waals surface area contributed by atoms with Crippen LogP contribution in [0.5, 0.6) is 5.75 Å². The lowest BCUT2D eigenvalue weighted by Crippen LogP contribution is -2.03. The summed E-state index contributed by atoms with van der Waals surface area (Å²) in [6.45, 7) is 6.41. The molecule has 0 fully saturated rings. The number of hydrogen-bond acceptors (Lipinski definition) is 2. The normalized spacial score (nSPS) is 11.3. The number of phenols is 1. The predicted octanol–water partition coefficient (Wildman–Crippen LogP) is 5.11. The molecule has 0 bridgehead atoms. The summed E-state index contributed by atoms with van der Waals surface area (Å²) in [7, 11) is 0. The third-order valence-electron chi connectivity index (χ3n) is 4.27. The highest BCUT2D eigenvalue weighted by molar-refractivity contribution is 5.84. The molecule has 0 aliphatic heterocycles. The molecule has 0 aliphatic carbocycles. The maximum Gasteiger partial charge on any atom is 0.117 e. The zero-order chi connectivity index (χ0) is 17.1. The van der Waals surface area contributed by atoms with Gasteiger partial charge in [-0.2, -0.15) is 0 Å². The van der Waals surface area contributed by atoms with Crippen molar-refractivity contribution < 1.29 is 5.11 Å². The van der Waals surface area contributed by atoms with Crippen LogP contribution in [0.2, 0.25) is 0 Å². The first-order valence-corrected chi connectivity index (χ1v) is 8.20. The molecule has 24 heavy (non-hydrogen) atoms. The molecular formula is C21H22N2O. The second kappa shape index (κ2) is 6.75. The number of hydrogen-bond donors (Lipinski definition) is 1. The average Bonchev–Trinajstić information content (AvgIpc) is 2.87. The van der Waals surface area contributed by atoms with E-state index in [0.29, 0.717) is 0 Å². The fourth-order valence-corrected chi connectivity index (χ4v) is 3.03. The van der Waals surface area contributed by atoms with E-state index in [-0.39, 0.29) is 5.75 Å². The lowest BCUT2D eigenvalue weighted by Gasteiger charge is -2.13. The van der Waals surface area contributed by atoms with Crippen LogP contribution in [0.25, 0.3) is 5.69 Å². The van der Waals surface area contributed by atoms with Crippen LogP contribution >= 0.6 is 0 Å². The molecule has 1 N–H and O–H groups in total. The van der Waals surface area contributed by atoms with Gasteiger partial charge in [-0.25, -0.2) is 0 Å². The van der Waals surface area contributed by atoms with Crippen LogP contribution in [0.1, 0.15) is 29.4 Å². The number of rotatable bonds is 4. The first-order valence-electron chi connectivity index (χ1n) is 8.20. The lowest BCUT2D eigenvalue weighted by molar-refractivity contribution is 0.475. The van der Waals surface area contributed by atoms with Crippen molar-refractivity contribution in [2.24, 2.45) is 4.99 Å². The Hall–Kier alpha value is -2.81. The third kappa shape index (κ3) is 3.11. The summed E-state index contributed by atoms with van der Waals surface area (Å²) in [5.41, 5.74) is 6.74. The molecule has 0 radical (unpaired) electrons. The maximum absolute atomic E-state index is 9.54. The van der Waals surface area contributed by atoms with Crippen molar-refractivity contribution in [1.29, 1.82) is 0 Å². The number of aryl methyl sites for hydroxylation is 2. The molecule has 0 spiro atoms. The maximum atomic E-state index is 9.54. The summed E-state index contributed by atoms with van der Waals surface area (Å²) < 4.78 is 2.28. The smallest absolute Gasteiger partial charge is 0.117 e. The Bertz CT molecular complexity index is 891. The van der Waals surface area contributed by atoms with Crippen LogP contribution < -0.4 is 0 Å². The lowest BCUT2D eigenvalue weighted by atomic mass is 10.1. The van der Waals surface area contributed by atoms with Gasteiger partial charge in [-0.15, -0.1) is 0 Å². The van der Waals surface area contributed by atoms with Crippen molar-refractivity contribution in [3.05, 3.63) is 77.1 Å². The standard InChI is InChI=1S/C21H22N2O/c1-4-17-8-5-6-11-21(17)23-15(2)12-18(16(23)3)14-22-19-9-7-10-20(24)13-19/h5-14,24H,4H2,1-3H3. The van der Waals surface area contributed by atoms with Crippen molar-refractivity contribution in [3.8, 4) is 11.4 Å². The van der Waals surface area contributed by atoms with Crippen molar-refractivity contribution in [2.45, 2.75) is 27.2 Å². The Morgan fingerprint density at radius 3 is 2.58 bits per heavy atom. The molecule has 1 aromatic heterocycles. The largest absolute Gasteiger partial charge is 0.508 e. The van der Waals surface area contributed by atoms with Gasteiger partial charge in [-0.05, 0) is 50.1 Å². The molecule has 1 heterocycles. The molecule has 2 aromatic carbocycles. The van der Waals surface area contributed by atoms with E-state index < -0.39 is 0 Å². The first kappa shape index (κ1) is 16.1. The SMILES string of the molecule is CCc1ccccc1-n1c(C)cc(C=Nc2cccc(O)c2)c1C. The number of phenolic OH excluding ortho intramolecular Hbond substituents is 1. The number of para-hydroxylation sites is 1. The van der Waals surface area contributed by atoms with Crippen molar-refractivity contribution in [2.75, 3.05) is 0 Å². The molecule has 0 aliphatic rings. The molecule has 3 rings (SSSR count). The molecule has 0 saturated heterocycles. The van der Waals surface area contributed by atoms with Crippen molar-refractivity contribution in [3.63, 3.8) is 0 Å². The van der Waals surface area contributed by atoms with E-state index >= 15 is 0 Å². The van der Waals surface area contributed by atoms with Gasteiger partial charge in [0.2, 0.25) is 0 Å². The van der Waals surface area contributed by atoms with E-state index in [1.165, 1.54) is 16.9 Å². The molecule has 122 valence electrons. The summed E-state index contributed by atoms with van der Waals surface area (Å²) >= 11 is 0. The zero-order valence-corrected chi connectivity index (χ0v) is 14.3. The summed E-state index contributed by atoms with van der Waals surface area (Å²) in [6.07, 6.45) is 2.86. The number of nitrogens with zero attached hydrogens (tertiary/aromatic N) is 2. The van der Waals surface area contributed by atoms with Crippen LogP contribution in [0.15, 0.2) is 59.6 Å². The first-order chi connectivity index (χ1) is 11.6. The van der Waals surface area contributed by atoms with Crippen molar-refractivity contribution in [1.82, 2.24) is 4.57 Å². The minimum absolute atomic E-state index is 0.229. The van der Waals surface area contributed by atoms with Crippen LogP contribution in [0.3, 0.4) is 0 Å². The molecule has 0 atom stereocenters. The van der Waals surface area contributed by atoms with Gasteiger partial charge in [0, 0.05) is 34.9 Å². The molecule has 3 aromatic rings. The van der Waals surface area contributed by atoms with Gasteiger partial charge in [0.05, 0.1) is 5.69 Å². The predicted molar refractivity (Wildman–Crippen MR) is 100.0 cm³/mol. The second-order valence-electron chi connectivity index (χ2n) is 5.92. The Morgan fingerprint density at radius 1 is 1.04 bits per heavy atom. The average molecular weight is 318 g/mol. The summed E-state index contributed by atoms with van der Waals surface area (Å²) in [6, 6.07) is 17.6. The van der Waals surface area contributed by atoms with E-state index in [1.54, 1.807) is 18.2 Å². The zero-order valence-electron chi connectivity index (χ0n) is 14.3. The summed E-state index contributed by atoms with van der Waals surface area (Å²) in [5, 5.41) is 9.54. The molecule has 0 unspecified atom stereocenters. The van der Waals surface area contributed by atoms with E-state index in [1.807, 2.05) is 12.3 Å². The van der Waals surface area contributed by atoms with Gasteiger partial charge in [-0.1, -0.05) is 31.2 Å². The number of aromatic nitrogens is 1. The Balaban J connectivity index is 2.01. The highest BCUT2D eigenvalue weighted by atomic mass is 16.3. The van der Waals surface area contributed by atoms with E-state index in [2.05, 4.69) is 60.7 Å². The molecule has 3 heteroatoms. The van der Waals surface area contributed by atoms with E-state index in [9.17, 15) is 5.11 Å². The van der Waals surface area contributed by atoms with E-state index in [0.717, 1.165) is 23.4 Å². The van der Waals surface area contributed by atoms with Gasteiger partial charge < -0.3 is 9.67 Å². The Morgan fingerprint density at radius 2 is 1.83 bits per heavy atom.